The lowest BCUT2D eigenvalue weighted by Gasteiger charge is -2.33. The second-order valence-electron chi connectivity index (χ2n) is 5.51. The molecule has 2 aliphatic carbocycles. The number of amidine groups is 1. The lowest BCUT2D eigenvalue weighted by Crippen LogP contribution is -2.49. The van der Waals surface area contributed by atoms with Gasteiger partial charge < -0.3 is 5.32 Å². The molecule has 1 N–H and O–H groups in total. The van der Waals surface area contributed by atoms with Gasteiger partial charge in [0.05, 0.1) is 12.0 Å². The van der Waals surface area contributed by atoms with Gasteiger partial charge in [0.1, 0.15) is 5.84 Å². The predicted molar refractivity (Wildman–Crippen MR) is 58.5 cm³/mol. The number of hydrogen-bond acceptors (Lipinski definition) is 2. The Kier molecular flexibility index (Phi) is 1.91. The van der Waals surface area contributed by atoms with Crippen molar-refractivity contribution in [2.75, 3.05) is 0 Å². The molecule has 4 unspecified atom stereocenters. The molecule has 1 heterocycles. The first-order valence-electron chi connectivity index (χ1n) is 6.05. The number of rotatable bonds is 1. The van der Waals surface area contributed by atoms with Crippen LogP contribution in [0.4, 0.5) is 0 Å². The summed E-state index contributed by atoms with van der Waals surface area (Å²) >= 11 is 0. The zero-order valence-corrected chi connectivity index (χ0v) is 9.36. The molecule has 3 heteroatoms. The molecule has 2 saturated carbocycles. The first-order valence-corrected chi connectivity index (χ1v) is 6.05. The van der Waals surface area contributed by atoms with Crippen molar-refractivity contribution >= 4 is 11.7 Å². The van der Waals surface area contributed by atoms with Crippen molar-refractivity contribution in [3.8, 4) is 0 Å². The van der Waals surface area contributed by atoms with E-state index >= 15 is 0 Å². The molecule has 0 radical (unpaired) electrons. The Morgan fingerprint density at radius 2 is 2.07 bits per heavy atom. The Morgan fingerprint density at radius 3 is 2.80 bits per heavy atom. The summed E-state index contributed by atoms with van der Waals surface area (Å²) in [6.07, 6.45) is 3.76. The van der Waals surface area contributed by atoms with Crippen LogP contribution in [0, 0.1) is 23.7 Å². The van der Waals surface area contributed by atoms with E-state index in [1.165, 1.54) is 19.3 Å². The number of carbonyl (C=O) groups is 1. The number of hydrogen-bond donors (Lipinski definition) is 1. The van der Waals surface area contributed by atoms with Gasteiger partial charge in [0.25, 0.3) is 0 Å². The summed E-state index contributed by atoms with van der Waals surface area (Å²) in [5.41, 5.74) is 0. The fourth-order valence-corrected chi connectivity index (χ4v) is 3.51. The quantitative estimate of drug-likeness (QED) is 0.695. The fourth-order valence-electron chi connectivity index (χ4n) is 3.51. The van der Waals surface area contributed by atoms with Crippen LogP contribution in [-0.2, 0) is 4.79 Å². The molecule has 0 aromatic rings. The minimum absolute atomic E-state index is 0.200. The SMILES string of the molecule is CC(C)C1=NC2C3CCC(C3)C2C(=O)N1. The van der Waals surface area contributed by atoms with E-state index in [1.54, 1.807) is 0 Å². The molecular formula is C12H18N2O. The Hall–Kier alpha value is -0.860. The first kappa shape index (κ1) is 9.37. The highest BCUT2D eigenvalue weighted by atomic mass is 16.2. The van der Waals surface area contributed by atoms with Gasteiger partial charge in [-0.3, -0.25) is 9.79 Å². The van der Waals surface area contributed by atoms with Gasteiger partial charge in [0.2, 0.25) is 5.91 Å². The third kappa shape index (κ3) is 1.25. The maximum atomic E-state index is 12.0. The molecule has 1 aliphatic heterocycles. The third-order valence-electron chi connectivity index (χ3n) is 4.26. The van der Waals surface area contributed by atoms with Gasteiger partial charge in [-0.15, -0.1) is 0 Å². The number of aliphatic imine (C=N–C) groups is 1. The van der Waals surface area contributed by atoms with Crippen LogP contribution < -0.4 is 5.32 Å². The monoisotopic (exact) mass is 206 g/mol. The van der Waals surface area contributed by atoms with Crippen molar-refractivity contribution in [2.24, 2.45) is 28.7 Å². The average Bonchev–Trinajstić information content (AvgIpc) is 2.77. The minimum atomic E-state index is 0.200. The topological polar surface area (TPSA) is 41.5 Å². The lowest BCUT2D eigenvalue weighted by molar-refractivity contribution is -0.126. The van der Waals surface area contributed by atoms with Gasteiger partial charge >= 0.3 is 0 Å². The summed E-state index contributed by atoms with van der Waals surface area (Å²) < 4.78 is 0. The molecule has 0 spiro atoms. The van der Waals surface area contributed by atoms with E-state index in [0.717, 1.165) is 5.84 Å². The predicted octanol–water partition coefficient (Wildman–Crippen LogP) is 1.59. The highest BCUT2D eigenvalue weighted by Crippen LogP contribution is 2.50. The molecule has 82 valence electrons. The Bertz CT molecular complexity index is 335. The van der Waals surface area contributed by atoms with Gasteiger partial charge in [0.15, 0.2) is 0 Å². The summed E-state index contributed by atoms with van der Waals surface area (Å²) in [5, 5.41) is 2.98. The molecule has 0 aromatic heterocycles. The molecule has 0 aromatic carbocycles. The Balaban J connectivity index is 1.94. The number of fused-ring (bicyclic) bond motifs is 5. The van der Waals surface area contributed by atoms with E-state index in [9.17, 15) is 4.79 Å². The molecule has 1 amide bonds. The van der Waals surface area contributed by atoms with Crippen LogP contribution in [0.1, 0.15) is 33.1 Å². The van der Waals surface area contributed by atoms with E-state index in [-0.39, 0.29) is 11.8 Å². The van der Waals surface area contributed by atoms with Crippen molar-refractivity contribution in [3.63, 3.8) is 0 Å². The second kappa shape index (κ2) is 3.06. The van der Waals surface area contributed by atoms with Crippen LogP contribution in [0.3, 0.4) is 0 Å². The van der Waals surface area contributed by atoms with Crippen LogP contribution >= 0.6 is 0 Å². The van der Waals surface area contributed by atoms with Gasteiger partial charge in [0, 0.05) is 5.92 Å². The van der Waals surface area contributed by atoms with Crippen LogP contribution in [0.5, 0.6) is 0 Å². The molecule has 2 bridgehead atoms. The minimum Gasteiger partial charge on any atom is -0.314 e. The van der Waals surface area contributed by atoms with Crippen molar-refractivity contribution in [2.45, 2.75) is 39.2 Å². The van der Waals surface area contributed by atoms with Crippen molar-refractivity contribution in [3.05, 3.63) is 0 Å². The second-order valence-corrected chi connectivity index (χ2v) is 5.51. The highest BCUT2D eigenvalue weighted by molar-refractivity contribution is 6.02. The molecule has 3 nitrogen and oxygen atoms in total. The van der Waals surface area contributed by atoms with Gasteiger partial charge in [-0.25, -0.2) is 0 Å². The summed E-state index contributed by atoms with van der Waals surface area (Å²) in [4.78, 5) is 16.7. The standard InChI is InChI=1S/C12H18N2O/c1-6(2)11-13-10-8-4-3-7(5-8)9(10)12(15)14-11/h6-10H,3-5H2,1-2H3,(H,13,14,15). The Morgan fingerprint density at radius 1 is 1.33 bits per heavy atom. The molecule has 3 rings (SSSR count). The summed E-state index contributed by atoms with van der Waals surface area (Å²) in [5.74, 6) is 3.01. The van der Waals surface area contributed by atoms with E-state index in [4.69, 9.17) is 4.99 Å². The van der Waals surface area contributed by atoms with Crippen LogP contribution in [0.15, 0.2) is 4.99 Å². The number of amides is 1. The van der Waals surface area contributed by atoms with E-state index in [2.05, 4.69) is 19.2 Å². The maximum absolute atomic E-state index is 12.0. The van der Waals surface area contributed by atoms with E-state index < -0.39 is 0 Å². The molecular weight excluding hydrogens is 188 g/mol. The van der Waals surface area contributed by atoms with Gasteiger partial charge in [-0.2, -0.15) is 0 Å². The first-order chi connectivity index (χ1) is 7.16. The highest BCUT2D eigenvalue weighted by Gasteiger charge is 2.52. The third-order valence-corrected chi connectivity index (χ3v) is 4.26. The van der Waals surface area contributed by atoms with Crippen LogP contribution in [0.25, 0.3) is 0 Å². The molecule has 3 aliphatic rings. The smallest absolute Gasteiger partial charge is 0.230 e. The molecule has 2 fully saturated rings. The number of nitrogens with zero attached hydrogens (tertiary/aromatic N) is 1. The van der Waals surface area contributed by atoms with Gasteiger partial charge in [-0.1, -0.05) is 13.8 Å². The summed E-state index contributed by atoms with van der Waals surface area (Å²) in [6.45, 7) is 4.18. The summed E-state index contributed by atoms with van der Waals surface area (Å²) in [6, 6.07) is 0.315. The fraction of sp³-hybridized carbons (Fsp3) is 0.833. The zero-order valence-electron chi connectivity index (χ0n) is 9.36. The van der Waals surface area contributed by atoms with Crippen LogP contribution in [-0.4, -0.2) is 17.8 Å². The molecule has 15 heavy (non-hydrogen) atoms. The molecule has 0 saturated heterocycles. The molecule has 4 atom stereocenters. The largest absolute Gasteiger partial charge is 0.314 e. The average molecular weight is 206 g/mol. The summed E-state index contributed by atoms with van der Waals surface area (Å²) in [7, 11) is 0. The maximum Gasteiger partial charge on any atom is 0.230 e. The zero-order chi connectivity index (χ0) is 10.6. The number of carbonyl (C=O) groups excluding carboxylic acids is 1. The van der Waals surface area contributed by atoms with Crippen molar-refractivity contribution in [1.82, 2.24) is 5.32 Å². The van der Waals surface area contributed by atoms with Crippen molar-refractivity contribution < 1.29 is 4.79 Å². The Labute approximate surface area is 90.3 Å². The lowest BCUT2D eigenvalue weighted by atomic mass is 9.83. The van der Waals surface area contributed by atoms with Crippen molar-refractivity contribution in [1.29, 1.82) is 0 Å². The van der Waals surface area contributed by atoms with E-state index in [1.807, 2.05) is 0 Å². The number of nitrogens with one attached hydrogen (secondary N) is 1. The normalized spacial score (nSPS) is 42.9. The van der Waals surface area contributed by atoms with Crippen LogP contribution in [0.2, 0.25) is 0 Å². The van der Waals surface area contributed by atoms with Gasteiger partial charge in [-0.05, 0) is 31.1 Å². The van der Waals surface area contributed by atoms with E-state index in [0.29, 0.717) is 23.8 Å².